The van der Waals surface area contributed by atoms with Crippen molar-refractivity contribution < 1.29 is 14.2 Å². The van der Waals surface area contributed by atoms with Gasteiger partial charge in [-0.05, 0) is 33.5 Å². The van der Waals surface area contributed by atoms with E-state index >= 15 is 0 Å². The Hall–Kier alpha value is -0.280. The number of ether oxygens (including phenoxy) is 3. The molecule has 0 aromatic carbocycles. The van der Waals surface area contributed by atoms with Crippen LogP contribution in [0.3, 0.4) is 0 Å². The van der Waals surface area contributed by atoms with Gasteiger partial charge >= 0.3 is 0 Å². The smallest absolute Gasteiger partial charge is 0.0700 e. The van der Waals surface area contributed by atoms with Crippen molar-refractivity contribution in [2.75, 3.05) is 107 Å². The van der Waals surface area contributed by atoms with Crippen molar-refractivity contribution in [3.63, 3.8) is 0 Å². The number of piperazine rings is 2. The van der Waals surface area contributed by atoms with Gasteiger partial charge in [0.2, 0.25) is 0 Å². The second kappa shape index (κ2) is 13.0. The van der Waals surface area contributed by atoms with Crippen LogP contribution in [0.15, 0.2) is 0 Å². The largest absolute Gasteiger partial charge is 0.385 e. The van der Waals surface area contributed by atoms with E-state index in [0.717, 1.165) is 45.8 Å². The van der Waals surface area contributed by atoms with Gasteiger partial charge in [0.1, 0.15) is 0 Å². The minimum atomic E-state index is 0.588. The Morgan fingerprint density at radius 1 is 0.667 bits per heavy atom. The predicted molar refractivity (Wildman–Crippen MR) is 110 cm³/mol. The molecule has 2 aliphatic heterocycles. The van der Waals surface area contributed by atoms with Crippen LogP contribution in [0.1, 0.15) is 12.8 Å². The highest BCUT2D eigenvalue weighted by Crippen LogP contribution is 2.19. The number of methoxy groups -OCH3 is 2. The van der Waals surface area contributed by atoms with Crippen LogP contribution >= 0.6 is 0 Å². The third-order valence-corrected chi connectivity index (χ3v) is 6.06. The van der Waals surface area contributed by atoms with Gasteiger partial charge in [0.05, 0.1) is 19.8 Å². The van der Waals surface area contributed by atoms with E-state index in [9.17, 15) is 0 Å². The zero-order chi connectivity index (χ0) is 19.5. The number of likely N-dealkylation sites (N-methyl/N-ethyl adjacent to an activating group) is 2. The van der Waals surface area contributed by atoms with Gasteiger partial charge in [-0.25, -0.2) is 0 Å². The van der Waals surface area contributed by atoms with Crippen molar-refractivity contribution in [3.8, 4) is 0 Å². The lowest BCUT2D eigenvalue weighted by Crippen LogP contribution is -2.65. The summed E-state index contributed by atoms with van der Waals surface area (Å²) in [5.74, 6) is 0. The van der Waals surface area contributed by atoms with Crippen LogP contribution in [0.2, 0.25) is 0 Å². The van der Waals surface area contributed by atoms with Crippen LogP contribution < -0.4 is 0 Å². The molecule has 160 valence electrons. The average Bonchev–Trinajstić information content (AvgIpc) is 2.67. The minimum Gasteiger partial charge on any atom is -0.385 e. The summed E-state index contributed by atoms with van der Waals surface area (Å²) in [4.78, 5) is 10.4. The van der Waals surface area contributed by atoms with E-state index in [1.165, 1.54) is 32.6 Å². The highest BCUT2D eigenvalue weighted by molar-refractivity contribution is 4.94. The molecule has 7 heteroatoms. The van der Waals surface area contributed by atoms with E-state index in [1.807, 2.05) is 0 Å². The quantitative estimate of drug-likeness (QED) is 0.447. The van der Waals surface area contributed by atoms with E-state index in [-0.39, 0.29) is 0 Å². The zero-order valence-electron chi connectivity index (χ0n) is 18.1. The van der Waals surface area contributed by atoms with Gasteiger partial charge in [0, 0.05) is 78.7 Å². The van der Waals surface area contributed by atoms with E-state index < -0.39 is 0 Å². The average molecular weight is 387 g/mol. The lowest BCUT2D eigenvalue weighted by molar-refractivity contribution is -0.0108. The maximum Gasteiger partial charge on any atom is 0.0700 e. The monoisotopic (exact) mass is 386 g/mol. The molecule has 2 saturated heterocycles. The molecule has 2 unspecified atom stereocenters. The Morgan fingerprint density at radius 2 is 1.26 bits per heavy atom. The summed E-state index contributed by atoms with van der Waals surface area (Å²) >= 11 is 0. The molecule has 0 saturated carbocycles. The fourth-order valence-electron chi connectivity index (χ4n) is 4.18. The van der Waals surface area contributed by atoms with Gasteiger partial charge < -0.3 is 19.1 Å². The fraction of sp³-hybridized carbons (Fsp3) is 1.00. The summed E-state index contributed by atoms with van der Waals surface area (Å²) in [5, 5.41) is 0. The van der Waals surface area contributed by atoms with Crippen molar-refractivity contribution in [2.45, 2.75) is 24.9 Å². The van der Waals surface area contributed by atoms with E-state index in [4.69, 9.17) is 14.2 Å². The summed E-state index contributed by atoms with van der Waals surface area (Å²) in [6.45, 7) is 12.2. The van der Waals surface area contributed by atoms with Gasteiger partial charge in [0.25, 0.3) is 0 Å². The molecule has 0 aromatic heterocycles. The summed E-state index contributed by atoms with van der Waals surface area (Å²) in [5.41, 5.74) is 0. The first-order valence-corrected chi connectivity index (χ1v) is 10.6. The fourth-order valence-corrected chi connectivity index (χ4v) is 4.18. The molecule has 0 N–H and O–H groups in total. The van der Waals surface area contributed by atoms with Gasteiger partial charge in [-0.15, -0.1) is 0 Å². The molecule has 2 rings (SSSR count). The number of hydrogen-bond donors (Lipinski definition) is 0. The van der Waals surface area contributed by atoms with Crippen LogP contribution in [0.5, 0.6) is 0 Å². The van der Waals surface area contributed by atoms with Gasteiger partial charge in [-0.2, -0.15) is 0 Å². The summed E-state index contributed by atoms with van der Waals surface area (Å²) in [6.07, 6.45) is 2.39. The molecule has 0 aromatic rings. The van der Waals surface area contributed by atoms with Crippen LogP contribution in [-0.4, -0.2) is 139 Å². The molecular formula is C20H42N4O3. The number of unbranched alkanes of at least 4 members (excludes halogenated alkanes) is 1. The first-order valence-electron chi connectivity index (χ1n) is 10.6. The molecule has 2 atom stereocenters. The summed E-state index contributed by atoms with van der Waals surface area (Å²) < 4.78 is 15.9. The Morgan fingerprint density at radius 3 is 1.85 bits per heavy atom. The molecule has 0 spiro atoms. The maximum absolute atomic E-state index is 5.68. The lowest BCUT2D eigenvalue weighted by atomic mass is 9.99. The highest BCUT2D eigenvalue weighted by Gasteiger charge is 2.36. The second-order valence-corrected chi connectivity index (χ2v) is 8.00. The van der Waals surface area contributed by atoms with Gasteiger partial charge in [0.15, 0.2) is 0 Å². The Labute approximate surface area is 166 Å². The number of hydrogen-bond acceptors (Lipinski definition) is 7. The molecule has 0 amide bonds. The molecule has 2 fully saturated rings. The Bertz CT molecular complexity index is 388. The number of rotatable bonds is 12. The number of nitrogens with zero attached hydrogens (tertiary/aromatic N) is 4. The molecular weight excluding hydrogens is 344 g/mol. The topological polar surface area (TPSA) is 40.7 Å². The Kier molecular flexibility index (Phi) is 11.1. The molecule has 2 heterocycles. The van der Waals surface area contributed by atoms with Crippen LogP contribution in [-0.2, 0) is 14.2 Å². The second-order valence-electron chi connectivity index (χ2n) is 8.00. The van der Waals surface area contributed by atoms with Crippen LogP contribution in [0.25, 0.3) is 0 Å². The molecule has 0 bridgehead atoms. The summed E-state index contributed by atoms with van der Waals surface area (Å²) in [6, 6.07) is 1.19. The van der Waals surface area contributed by atoms with Crippen molar-refractivity contribution in [1.29, 1.82) is 0 Å². The van der Waals surface area contributed by atoms with Crippen molar-refractivity contribution in [2.24, 2.45) is 0 Å². The molecule has 2 aliphatic rings. The standard InChI is InChI=1S/C20H42N4O3/c1-21-8-10-23(7-5-6-13-25-3)17-19(21)20-18-24(11-9-22(20)2)12-14-27-16-15-26-4/h19-20H,5-18H2,1-4H3. The first-order chi connectivity index (χ1) is 13.2. The predicted octanol–water partition coefficient (Wildman–Crippen LogP) is 0.308. The zero-order valence-corrected chi connectivity index (χ0v) is 18.1. The molecule has 0 aliphatic carbocycles. The Balaban J connectivity index is 1.79. The van der Waals surface area contributed by atoms with Crippen molar-refractivity contribution in [3.05, 3.63) is 0 Å². The van der Waals surface area contributed by atoms with Gasteiger partial charge in [-0.3, -0.25) is 14.7 Å². The normalized spacial score (nSPS) is 26.7. The van der Waals surface area contributed by atoms with Crippen molar-refractivity contribution >= 4 is 0 Å². The third-order valence-electron chi connectivity index (χ3n) is 6.06. The third kappa shape index (κ3) is 7.93. The lowest BCUT2D eigenvalue weighted by Gasteiger charge is -2.49. The van der Waals surface area contributed by atoms with Crippen LogP contribution in [0.4, 0.5) is 0 Å². The highest BCUT2D eigenvalue weighted by atomic mass is 16.5. The van der Waals surface area contributed by atoms with E-state index in [2.05, 4.69) is 33.7 Å². The van der Waals surface area contributed by atoms with E-state index in [1.54, 1.807) is 14.2 Å². The first kappa shape index (κ1) is 23.0. The molecule has 27 heavy (non-hydrogen) atoms. The van der Waals surface area contributed by atoms with Crippen LogP contribution in [0, 0.1) is 0 Å². The summed E-state index contributed by atoms with van der Waals surface area (Å²) in [7, 11) is 8.10. The SMILES string of the molecule is COCCCCN1CCN(C)C(C2CN(CCOCCOC)CCN2C)C1. The maximum atomic E-state index is 5.68. The molecule has 7 nitrogen and oxygen atoms in total. The molecule has 0 radical (unpaired) electrons. The van der Waals surface area contributed by atoms with Gasteiger partial charge in [-0.1, -0.05) is 0 Å². The minimum absolute atomic E-state index is 0.588. The van der Waals surface area contributed by atoms with Crippen molar-refractivity contribution in [1.82, 2.24) is 19.6 Å². The van der Waals surface area contributed by atoms with E-state index in [0.29, 0.717) is 25.3 Å².